The topological polar surface area (TPSA) is 49.7 Å². The number of hydrogen-bond acceptors (Lipinski definition) is 3. The highest BCUT2D eigenvalue weighted by Crippen LogP contribution is 2.41. The second-order valence-corrected chi connectivity index (χ2v) is 7.00. The number of nitrogens with one attached hydrogen (secondary N) is 1. The van der Waals surface area contributed by atoms with Gasteiger partial charge < -0.3 is 0 Å². The van der Waals surface area contributed by atoms with E-state index in [0.717, 1.165) is 24.7 Å². The largest absolute Gasteiger partial charge is 0.298 e. The molecule has 0 bridgehead atoms. The van der Waals surface area contributed by atoms with Crippen LogP contribution >= 0.6 is 0 Å². The van der Waals surface area contributed by atoms with E-state index < -0.39 is 0 Å². The molecule has 1 unspecified atom stereocenters. The minimum atomic E-state index is 0.569. The summed E-state index contributed by atoms with van der Waals surface area (Å²) >= 11 is 0. The van der Waals surface area contributed by atoms with Gasteiger partial charge in [-0.05, 0) is 45.2 Å². The van der Waals surface area contributed by atoms with Crippen molar-refractivity contribution in [2.24, 2.45) is 7.05 Å². The van der Waals surface area contributed by atoms with Crippen LogP contribution in [0.15, 0.2) is 12.3 Å². The molecule has 2 fully saturated rings. The van der Waals surface area contributed by atoms with Gasteiger partial charge in [0.1, 0.15) is 0 Å². The molecule has 0 spiro atoms. The van der Waals surface area contributed by atoms with E-state index in [2.05, 4.69) is 51.1 Å². The Kier molecular flexibility index (Phi) is 3.53. The van der Waals surface area contributed by atoms with Crippen molar-refractivity contribution < 1.29 is 0 Å². The lowest BCUT2D eigenvalue weighted by molar-refractivity contribution is 0.198. The average Bonchev–Trinajstić information content (AvgIpc) is 3.15. The summed E-state index contributed by atoms with van der Waals surface area (Å²) in [6.07, 6.45) is 7.26. The Morgan fingerprint density at radius 1 is 1.27 bits per heavy atom. The van der Waals surface area contributed by atoms with Crippen molar-refractivity contribution in [3.63, 3.8) is 0 Å². The number of aromatic amines is 1. The second kappa shape index (κ2) is 5.54. The monoisotopic (exact) mass is 299 g/mol. The number of hydrogen-bond donors (Lipinski definition) is 1. The first-order valence-electron chi connectivity index (χ1n) is 8.45. The molecule has 1 aliphatic heterocycles. The summed E-state index contributed by atoms with van der Waals surface area (Å²) in [6, 6.07) is 2.20. The molecule has 1 atom stereocenters. The summed E-state index contributed by atoms with van der Waals surface area (Å²) in [7, 11) is 2.09. The first kappa shape index (κ1) is 14.0. The summed E-state index contributed by atoms with van der Waals surface area (Å²) in [5.41, 5.74) is 5.30. The van der Waals surface area contributed by atoms with Crippen LogP contribution in [-0.2, 0) is 13.6 Å². The number of likely N-dealkylation sites (tertiary alicyclic amines) is 1. The Labute approximate surface area is 131 Å². The molecule has 1 aliphatic carbocycles. The number of aromatic nitrogens is 4. The molecule has 2 aromatic heterocycles. The Morgan fingerprint density at radius 3 is 2.86 bits per heavy atom. The molecule has 4 rings (SSSR count). The average molecular weight is 299 g/mol. The van der Waals surface area contributed by atoms with E-state index in [1.165, 1.54) is 49.2 Å². The third-order valence-corrected chi connectivity index (χ3v) is 5.07. The molecule has 1 N–H and O–H groups in total. The highest BCUT2D eigenvalue weighted by atomic mass is 15.3. The zero-order chi connectivity index (χ0) is 15.1. The van der Waals surface area contributed by atoms with Crippen molar-refractivity contribution in [1.29, 1.82) is 0 Å². The van der Waals surface area contributed by atoms with Gasteiger partial charge in [-0.25, -0.2) is 0 Å². The van der Waals surface area contributed by atoms with Gasteiger partial charge in [0.15, 0.2) is 0 Å². The number of piperidine rings is 1. The molecule has 5 heteroatoms. The summed E-state index contributed by atoms with van der Waals surface area (Å²) in [5, 5.41) is 12.1. The zero-order valence-corrected chi connectivity index (χ0v) is 13.5. The molecule has 22 heavy (non-hydrogen) atoms. The van der Waals surface area contributed by atoms with Crippen LogP contribution in [0.1, 0.15) is 60.2 Å². The van der Waals surface area contributed by atoms with Crippen LogP contribution in [0.5, 0.6) is 0 Å². The number of rotatable bonds is 4. The van der Waals surface area contributed by atoms with E-state index in [9.17, 15) is 0 Å². The number of aryl methyl sites for hydroxylation is 2. The minimum Gasteiger partial charge on any atom is -0.298 e. The van der Waals surface area contributed by atoms with Gasteiger partial charge in [0, 0.05) is 48.9 Å². The lowest BCUT2D eigenvalue weighted by Crippen LogP contribution is -2.34. The van der Waals surface area contributed by atoms with E-state index in [0.29, 0.717) is 5.92 Å². The van der Waals surface area contributed by atoms with Crippen molar-refractivity contribution in [3.05, 3.63) is 34.9 Å². The molecule has 1 saturated carbocycles. The molecule has 2 aromatic rings. The smallest absolute Gasteiger partial charge is 0.0668 e. The van der Waals surface area contributed by atoms with Crippen LogP contribution in [0, 0.1) is 6.92 Å². The fraction of sp³-hybridized carbons (Fsp3) is 0.647. The van der Waals surface area contributed by atoms with Gasteiger partial charge >= 0.3 is 0 Å². The van der Waals surface area contributed by atoms with Gasteiger partial charge in [-0.1, -0.05) is 0 Å². The molecular formula is C17H25N5. The Morgan fingerprint density at radius 2 is 2.14 bits per heavy atom. The maximum absolute atomic E-state index is 4.50. The molecule has 5 nitrogen and oxygen atoms in total. The minimum absolute atomic E-state index is 0.569. The van der Waals surface area contributed by atoms with Gasteiger partial charge in [0.25, 0.3) is 0 Å². The lowest BCUT2D eigenvalue weighted by atomic mass is 9.94. The predicted molar refractivity (Wildman–Crippen MR) is 85.8 cm³/mol. The molecular weight excluding hydrogens is 274 g/mol. The van der Waals surface area contributed by atoms with Crippen LogP contribution in [0.2, 0.25) is 0 Å². The van der Waals surface area contributed by atoms with Crippen molar-refractivity contribution >= 4 is 0 Å². The molecule has 0 aromatic carbocycles. The Bertz CT molecular complexity index is 652. The quantitative estimate of drug-likeness (QED) is 0.944. The van der Waals surface area contributed by atoms with Crippen LogP contribution in [0.3, 0.4) is 0 Å². The van der Waals surface area contributed by atoms with Gasteiger partial charge in [0.2, 0.25) is 0 Å². The van der Waals surface area contributed by atoms with Crippen LogP contribution in [0.25, 0.3) is 0 Å². The van der Waals surface area contributed by atoms with E-state index >= 15 is 0 Å². The van der Waals surface area contributed by atoms with Gasteiger partial charge in [-0.15, -0.1) is 0 Å². The van der Waals surface area contributed by atoms with Crippen LogP contribution in [0.4, 0.5) is 0 Å². The van der Waals surface area contributed by atoms with Gasteiger partial charge in [0.05, 0.1) is 11.9 Å². The van der Waals surface area contributed by atoms with Gasteiger partial charge in [-0.3, -0.25) is 14.7 Å². The molecule has 0 amide bonds. The fourth-order valence-corrected chi connectivity index (χ4v) is 3.83. The van der Waals surface area contributed by atoms with E-state index in [4.69, 9.17) is 0 Å². The summed E-state index contributed by atoms with van der Waals surface area (Å²) < 4.78 is 2.09. The summed E-state index contributed by atoms with van der Waals surface area (Å²) in [5.74, 6) is 1.33. The SMILES string of the molecule is Cc1cc(C2CCCN(Cc3cnn(C)c3C3CC3)C2)n[nH]1. The first-order chi connectivity index (χ1) is 10.7. The summed E-state index contributed by atoms with van der Waals surface area (Å²) in [4.78, 5) is 2.58. The molecule has 1 saturated heterocycles. The van der Waals surface area contributed by atoms with E-state index in [-0.39, 0.29) is 0 Å². The maximum atomic E-state index is 4.50. The van der Waals surface area contributed by atoms with E-state index in [1.807, 2.05) is 0 Å². The second-order valence-electron chi connectivity index (χ2n) is 7.00. The fourth-order valence-electron chi connectivity index (χ4n) is 3.83. The predicted octanol–water partition coefficient (Wildman–Crippen LogP) is 2.71. The summed E-state index contributed by atoms with van der Waals surface area (Å²) in [6.45, 7) is 5.43. The standard InChI is InChI=1S/C17H25N5/c1-12-8-16(20-19-12)14-4-3-7-22(10-14)11-15-9-18-21(2)17(15)13-5-6-13/h8-9,13-14H,3-7,10-11H2,1-2H3,(H,19,20). The molecule has 2 aliphatic rings. The van der Waals surface area contributed by atoms with Gasteiger partial charge in [-0.2, -0.15) is 10.2 Å². The third-order valence-electron chi connectivity index (χ3n) is 5.07. The Hall–Kier alpha value is -1.62. The molecule has 118 valence electrons. The van der Waals surface area contributed by atoms with Crippen molar-refractivity contribution in [1.82, 2.24) is 24.9 Å². The first-order valence-corrected chi connectivity index (χ1v) is 8.45. The van der Waals surface area contributed by atoms with Crippen LogP contribution in [-0.4, -0.2) is 38.0 Å². The number of nitrogens with zero attached hydrogens (tertiary/aromatic N) is 4. The van der Waals surface area contributed by atoms with Crippen molar-refractivity contribution in [2.45, 2.75) is 51.0 Å². The molecule has 3 heterocycles. The molecule has 0 radical (unpaired) electrons. The highest BCUT2D eigenvalue weighted by Gasteiger charge is 2.31. The van der Waals surface area contributed by atoms with E-state index in [1.54, 1.807) is 0 Å². The maximum Gasteiger partial charge on any atom is 0.0668 e. The van der Waals surface area contributed by atoms with Crippen molar-refractivity contribution in [3.8, 4) is 0 Å². The highest BCUT2D eigenvalue weighted by molar-refractivity contribution is 5.25. The Balaban J connectivity index is 1.47. The van der Waals surface area contributed by atoms with Crippen LogP contribution < -0.4 is 0 Å². The lowest BCUT2D eigenvalue weighted by Gasteiger charge is -2.31. The van der Waals surface area contributed by atoms with Crippen molar-refractivity contribution in [2.75, 3.05) is 13.1 Å². The number of H-pyrrole nitrogens is 1. The third kappa shape index (κ3) is 2.70. The normalized spacial score (nSPS) is 23.1. The zero-order valence-electron chi connectivity index (χ0n) is 13.5.